The van der Waals surface area contributed by atoms with E-state index in [4.69, 9.17) is 0 Å². The zero-order chi connectivity index (χ0) is 19.7. The van der Waals surface area contributed by atoms with Gasteiger partial charge >= 0.3 is 5.97 Å². The van der Waals surface area contributed by atoms with Gasteiger partial charge in [0.25, 0.3) is 0 Å². The zero-order valence-electron chi connectivity index (χ0n) is 15.7. The first-order valence-electron chi connectivity index (χ1n) is 9.11. The van der Waals surface area contributed by atoms with Crippen LogP contribution in [0.15, 0.2) is 91.0 Å². The van der Waals surface area contributed by atoms with Gasteiger partial charge in [0.05, 0.1) is 0 Å². The summed E-state index contributed by atoms with van der Waals surface area (Å²) in [4.78, 5) is 11.4. The molecular formula is C24H26O3. The van der Waals surface area contributed by atoms with Crippen molar-refractivity contribution in [3.8, 4) is 0 Å². The van der Waals surface area contributed by atoms with Gasteiger partial charge < -0.3 is 10.2 Å². The lowest BCUT2D eigenvalue weighted by molar-refractivity contribution is -0.155. The van der Waals surface area contributed by atoms with Crippen LogP contribution in [0.5, 0.6) is 0 Å². The number of benzene rings is 3. The number of hydrogen-bond donors (Lipinski definition) is 2. The second-order valence-electron chi connectivity index (χ2n) is 6.47. The predicted octanol–water partition coefficient (Wildman–Crippen LogP) is 5.21. The van der Waals surface area contributed by atoms with Crippen molar-refractivity contribution in [2.75, 3.05) is 0 Å². The molecule has 0 saturated heterocycles. The van der Waals surface area contributed by atoms with Crippen molar-refractivity contribution in [1.29, 1.82) is 0 Å². The maximum absolute atomic E-state index is 11.4. The van der Waals surface area contributed by atoms with Crippen LogP contribution in [0.1, 0.15) is 42.9 Å². The Morgan fingerprint density at radius 1 is 0.815 bits per heavy atom. The van der Waals surface area contributed by atoms with E-state index >= 15 is 0 Å². The van der Waals surface area contributed by atoms with E-state index in [9.17, 15) is 15.0 Å². The molecule has 0 fully saturated rings. The van der Waals surface area contributed by atoms with Gasteiger partial charge in [-0.1, -0.05) is 105 Å². The summed E-state index contributed by atoms with van der Waals surface area (Å²) in [5.74, 6) is -0.573. The molecule has 3 heteroatoms. The highest BCUT2D eigenvalue weighted by Gasteiger charge is 2.39. The number of hydrogen-bond acceptors (Lipinski definition) is 2. The Balaban J connectivity index is 0.000000223. The number of rotatable bonds is 5. The van der Waals surface area contributed by atoms with Crippen molar-refractivity contribution in [2.45, 2.75) is 31.8 Å². The second-order valence-corrected chi connectivity index (χ2v) is 6.47. The van der Waals surface area contributed by atoms with E-state index in [2.05, 4.69) is 44.2 Å². The van der Waals surface area contributed by atoms with Crippen molar-refractivity contribution >= 4 is 5.97 Å². The van der Waals surface area contributed by atoms with Gasteiger partial charge in [0.2, 0.25) is 5.60 Å². The van der Waals surface area contributed by atoms with Gasteiger partial charge in [0.15, 0.2) is 0 Å². The average Bonchev–Trinajstić information content (AvgIpc) is 2.74. The van der Waals surface area contributed by atoms with Crippen molar-refractivity contribution in [3.05, 3.63) is 108 Å². The summed E-state index contributed by atoms with van der Waals surface area (Å²) in [6.45, 7) is 4.48. The number of carboxylic acid groups (broad SMARTS) is 1. The molecule has 0 heterocycles. The fourth-order valence-electron chi connectivity index (χ4n) is 2.79. The van der Waals surface area contributed by atoms with Gasteiger partial charge in [0.1, 0.15) is 0 Å². The number of aliphatic hydroxyl groups is 1. The quantitative estimate of drug-likeness (QED) is 0.655. The molecule has 0 amide bonds. The van der Waals surface area contributed by atoms with E-state index in [1.807, 2.05) is 0 Å². The van der Waals surface area contributed by atoms with Gasteiger partial charge in [-0.05, 0) is 29.0 Å². The van der Waals surface area contributed by atoms with Crippen LogP contribution in [0.25, 0.3) is 0 Å². The minimum absolute atomic E-state index is 0.346. The first kappa shape index (κ1) is 20.4. The number of carboxylic acids is 1. The van der Waals surface area contributed by atoms with Crippen molar-refractivity contribution in [1.82, 2.24) is 0 Å². The normalized spacial score (nSPS) is 11.8. The molecule has 1 unspecified atom stereocenters. The van der Waals surface area contributed by atoms with Crippen LogP contribution >= 0.6 is 0 Å². The zero-order valence-corrected chi connectivity index (χ0v) is 15.7. The lowest BCUT2D eigenvalue weighted by Crippen LogP contribution is -2.36. The molecule has 3 aromatic rings. The average molecular weight is 362 g/mol. The third-order valence-corrected chi connectivity index (χ3v) is 4.67. The van der Waals surface area contributed by atoms with E-state index in [0.29, 0.717) is 17.0 Å². The lowest BCUT2D eigenvalue weighted by Gasteiger charge is -2.24. The molecule has 140 valence electrons. The summed E-state index contributed by atoms with van der Waals surface area (Å²) in [7, 11) is 0. The fourth-order valence-corrected chi connectivity index (χ4v) is 2.79. The van der Waals surface area contributed by atoms with E-state index in [0.717, 1.165) is 0 Å². The number of aliphatic carboxylic acids is 1. The highest BCUT2D eigenvalue weighted by atomic mass is 16.4. The molecule has 0 aliphatic carbocycles. The fraction of sp³-hybridized carbons (Fsp3) is 0.208. The third kappa shape index (κ3) is 5.05. The SMILES string of the molecule is CCC(C)c1ccccc1.O=C(O)C(O)(c1ccccc1)c1ccccc1. The lowest BCUT2D eigenvalue weighted by atomic mass is 9.86. The van der Waals surface area contributed by atoms with Crippen LogP contribution in [0.3, 0.4) is 0 Å². The van der Waals surface area contributed by atoms with Crippen LogP contribution < -0.4 is 0 Å². The van der Waals surface area contributed by atoms with Crippen LogP contribution in [-0.2, 0) is 10.4 Å². The van der Waals surface area contributed by atoms with Crippen molar-refractivity contribution in [2.24, 2.45) is 0 Å². The topological polar surface area (TPSA) is 57.5 Å². The molecule has 3 aromatic carbocycles. The summed E-state index contributed by atoms with van der Waals surface area (Å²) < 4.78 is 0. The Labute approximate surface area is 160 Å². The summed E-state index contributed by atoms with van der Waals surface area (Å²) in [5.41, 5.74) is 0.144. The highest BCUT2D eigenvalue weighted by Crippen LogP contribution is 2.29. The first-order chi connectivity index (χ1) is 13.0. The largest absolute Gasteiger partial charge is 0.479 e. The third-order valence-electron chi connectivity index (χ3n) is 4.67. The summed E-state index contributed by atoms with van der Waals surface area (Å²) in [6.07, 6.45) is 1.23. The Bertz CT molecular complexity index is 775. The second kappa shape index (κ2) is 9.70. The van der Waals surface area contributed by atoms with Crippen LogP contribution in [0.2, 0.25) is 0 Å². The monoisotopic (exact) mass is 362 g/mol. The standard InChI is InChI=1S/C14H12O3.C10H14/c15-13(16)14(17,11-7-3-1-4-8-11)12-9-5-2-6-10-12;1-3-9(2)10-7-5-4-6-8-10/h1-10,17H,(H,15,16);4-9H,3H2,1-2H3. The molecule has 0 spiro atoms. The summed E-state index contributed by atoms with van der Waals surface area (Å²) in [6, 6.07) is 27.4. The van der Waals surface area contributed by atoms with Crippen LogP contribution in [0.4, 0.5) is 0 Å². The summed E-state index contributed by atoms with van der Waals surface area (Å²) >= 11 is 0. The van der Waals surface area contributed by atoms with E-state index in [1.165, 1.54) is 12.0 Å². The van der Waals surface area contributed by atoms with E-state index < -0.39 is 11.6 Å². The maximum atomic E-state index is 11.4. The van der Waals surface area contributed by atoms with Gasteiger partial charge in [-0.2, -0.15) is 0 Å². The smallest absolute Gasteiger partial charge is 0.345 e. The molecule has 0 saturated carbocycles. The molecule has 0 bridgehead atoms. The van der Waals surface area contributed by atoms with Crippen LogP contribution in [0, 0.1) is 0 Å². The predicted molar refractivity (Wildman–Crippen MR) is 109 cm³/mol. The molecule has 3 nitrogen and oxygen atoms in total. The Hall–Kier alpha value is -2.91. The first-order valence-corrected chi connectivity index (χ1v) is 9.11. The molecule has 0 aliphatic rings. The molecular weight excluding hydrogens is 336 g/mol. The Kier molecular flexibility index (Phi) is 7.33. The highest BCUT2D eigenvalue weighted by molar-refractivity contribution is 5.83. The molecule has 0 aromatic heterocycles. The van der Waals surface area contributed by atoms with Gasteiger partial charge in [-0.3, -0.25) is 0 Å². The molecule has 27 heavy (non-hydrogen) atoms. The Morgan fingerprint density at radius 3 is 1.52 bits per heavy atom. The van der Waals surface area contributed by atoms with Crippen molar-refractivity contribution < 1.29 is 15.0 Å². The molecule has 3 rings (SSSR count). The van der Waals surface area contributed by atoms with Crippen molar-refractivity contribution in [3.63, 3.8) is 0 Å². The van der Waals surface area contributed by atoms with Crippen LogP contribution in [-0.4, -0.2) is 16.2 Å². The Morgan fingerprint density at radius 2 is 1.19 bits per heavy atom. The summed E-state index contributed by atoms with van der Waals surface area (Å²) in [5, 5.41) is 19.7. The van der Waals surface area contributed by atoms with E-state index in [-0.39, 0.29) is 0 Å². The van der Waals surface area contributed by atoms with Gasteiger partial charge in [0, 0.05) is 0 Å². The van der Waals surface area contributed by atoms with Gasteiger partial charge in [-0.15, -0.1) is 0 Å². The molecule has 0 radical (unpaired) electrons. The molecule has 1 atom stereocenters. The molecule has 0 aliphatic heterocycles. The van der Waals surface area contributed by atoms with E-state index in [1.54, 1.807) is 60.7 Å². The minimum Gasteiger partial charge on any atom is -0.479 e. The molecule has 2 N–H and O–H groups in total. The minimum atomic E-state index is -2.00. The van der Waals surface area contributed by atoms with Gasteiger partial charge in [-0.25, -0.2) is 4.79 Å². The number of carbonyl (C=O) groups is 1. The maximum Gasteiger partial charge on any atom is 0.345 e.